The SMILES string of the molecule is CC(=O)Nc1cccc(-c2cnc3cccc(NC(C)=O)c3c2)c1.O=C(O)C(F)(F)F. The normalized spacial score (nSPS) is 10.6. The van der Waals surface area contributed by atoms with Gasteiger partial charge in [0, 0.05) is 36.7 Å². The first-order valence-electron chi connectivity index (χ1n) is 8.82. The fourth-order valence-corrected chi connectivity index (χ4v) is 2.59. The molecule has 3 N–H and O–H groups in total. The second kappa shape index (κ2) is 9.70. The molecule has 1 aromatic heterocycles. The first-order chi connectivity index (χ1) is 14.5. The highest BCUT2D eigenvalue weighted by Crippen LogP contribution is 2.28. The molecule has 2 aromatic carbocycles. The maximum Gasteiger partial charge on any atom is 0.490 e. The summed E-state index contributed by atoms with van der Waals surface area (Å²) in [5, 5.41) is 13.6. The number of halogens is 3. The number of rotatable bonds is 3. The molecule has 3 aromatic rings. The van der Waals surface area contributed by atoms with E-state index in [0.717, 1.165) is 33.4 Å². The van der Waals surface area contributed by atoms with Crippen molar-refractivity contribution in [2.75, 3.05) is 10.6 Å². The van der Waals surface area contributed by atoms with Gasteiger partial charge in [0.25, 0.3) is 0 Å². The monoisotopic (exact) mass is 433 g/mol. The zero-order chi connectivity index (χ0) is 23.2. The van der Waals surface area contributed by atoms with Crippen molar-refractivity contribution in [3.63, 3.8) is 0 Å². The Hall–Kier alpha value is -3.95. The van der Waals surface area contributed by atoms with Gasteiger partial charge in [-0.05, 0) is 35.9 Å². The number of nitrogens with zero attached hydrogens (tertiary/aromatic N) is 1. The van der Waals surface area contributed by atoms with E-state index in [1.807, 2.05) is 48.5 Å². The summed E-state index contributed by atoms with van der Waals surface area (Å²) in [7, 11) is 0. The van der Waals surface area contributed by atoms with Crippen LogP contribution in [0.2, 0.25) is 0 Å². The Balaban J connectivity index is 0.000000423. The highest BCUT2D eigenvalue weighted by atomic mass is 19.4. The number of carboxylic acids is 1. The summed E-state index contributed by atoms with van der Waals surface area (Å²) < 4.78 is 31.7. The quantitative estimate of drug-likeness (QED) is 0.566. The predicted molar refractivity (Wildman–Crippen MR) is 109 cm³/mol. The highest BCUT2D eigenvalue weighted by Gasteiger charge is 2.38. The first kappa shape index (κ1) is 23.3. The number of nitrogens with one attached hydrogen (secondary N) is 2. The Labute approximate surface area is 174 Å². The molecular weight excluding hydrogens is 415 g/mol. The molecule has 0 bridgehead atoms. The largest absolute Gasteiger partial charge is 0.490 e. The molecule has 0 radical (unpaired) electrons. The van der Waals surface area contributed by atoms with Crippen molar-refractivity contribution in [1.82, 2.24) is 4.98 Å². The zero-order valence-corrected chi connectivity index (χ0v) is 16.4. The Morgan fingerprint density at radius 3 is 2.10 bits per heavy atom. The Kier molecular flexibility index (Phi) is 7.30. The number of benzene rings is 2. The summed E-state index contributed by atoms with van der Waals surface area (Å²) in [5.41, 5.74) is 4.12. The van der Waals surface area contributed by atoms with E-state index < -0.39 is 12.1 Å². The maximum atomic E-state index is 11.4. The van der Waals surface area contributed by atoms with Crippen LogP contribution >= 0.6 is 0 Å². The average Bonchev–Trinajstić information content (AvgIpc) is 2.67. The molecule has 0 aliphatic carbocycles. The zero-order valence-electron chi connectivity index (χ0n) is 16.4. The molecule has 1 heterocycles. The summed E-state index contributed by atoms with van der Waals surface area (Å²) in [6, 6.07) is 15.2. The molecule has 10 heteroatoms. The van der Waals surface area contributed by atoms with Gasteiger partial charge >= 0.3 is 12.1 Å². The number of aliphatic carboxylic acids is 1. The van der Waals surface area contributed by atoms with Gasteiger partial charge in [0.15, 0.2) is 0 Å². The lowest BCUT2D eigenvalue weighted by Crippen LogP contribution is -2.21. The Bertz CT molecular complexity index is 1130. The van der Waals surface area contributed by atoms with Gasteiger partial charge in [-0.15, -0.1) is 0 Å². The van der Waals surface area contributed by atoms with Crippen LogP contribution in [0.25, 0.3) is 22.0 Å². The smallest absolute Gasteiger partial charge is 0.475 e. The predicted octanol–water partition coefficient (Wildman–Crippen LogP) is 4.45. The van der Waals surface area contributed by atoms with Gasteiger partial charge in [-0.3, -0.25) is 14.6 Å². The minimum atomic E-state index is -5.08. The van der Waals surface area contributed by atoms with Crippen molar-refractivity contribution in [2.24, 2.45) is 0 Å². The number of hydrogen-bond donors (Lipinski definition) is 3. The van der Waals surface area contributed by atoms with Crippen LogP contribution in [-0.4, -0.2) is 34.1 Å². The van der Waals surface area contributed by atoms with E-state index in [2.05, 4.69) is 15.6 Å². The van der Waals surface area contributed by atoms with E-state index in [1.165, 1.54) is 13.8 Å². The number of hydrogen-bond acceptors (Lipinski definition) is 4. The van der Waals surface area contributed by atoms with Gasteiger partial charge in [0.2, 0.25) is 11.8 Å². The van der Waals surface area contributed by atoms with Gasteiger partial charge in [-0.25, -0.2) is 4.79 Å². The molecule has 31 heavy (non-hydrogen) atoms. The van der Waals surface area contributed by atoms with Crippen molar-refractivity contribution in [3.8, 4) is 11.1 Å². The van der Waals surface area contributed by atoms with Crippen molar-refractivity contribution in [1.29, 1.82) is 0 Å². The number of carboxylic acid groups (broad SMARTS) is 1. The van der Waals surface area contributed by atoms with E-state index in [1.54, 1.807) is 6.20 Å². The fourth-order valence-electron chi connectivity index (χ4n) is 2.59. The summed E-state index contributed by atoms with van der Waals surface area (Å²) in [6.07, 6.45) is -3.30. The molecule has 3 rings (SSSR count). The minimum absolute atomic E-state index is 0.114. The molecule has 0 saturated heterocycles. The molecule has 0 unspecified atom stereocenters. The van der Waals surface area contributed by atoms with Crippen LogP contribution in [-0.2, 0) is 14.4 Å². The number of carbonyl (C=O) groups is 3. The highest BCUT2D eigenvalue weighted by molar-refractivity contribution is 6.01. The van der Waals surface area contributed by atoms with E-state index in [9.17, 15) is 22.8 Å². The molecule has 0 aliphatic rings. The van der Waals surface area contributed by atoms with Crippen LogP contribution in [0.3, 0.4) is 0 Å². The summed E-state index contributed by atoms with van der Waals surface area (Å²) in [4.78, 5) is 36.0. The van der Waals surface area contributed by atoms with Gasteiger partial charge in [-0.2, -0.15) is 13.2 Å². The number of anilines is 2. The van der Waals surface area contributed by atoms with Crippen LogP contribution in [0.15, 0.2) is 54.7 Å². The van der Waals surface area contributed by atoms with E-state index in [-0.39, 0.29) is 11.8 Å². The maximum absolute atomic E-state index is 11.4. The molecule has 162 valence electrons. The minimum Gasteiger partial charge on any atom is -0.475 e. The summed E-state index contributed by atoms with van der Waals surface area (Å²) >= 11 is 0. The third-order valence-electron chi connectivity index (χ3n) is 3.80. The lowest BCUT2D eigenvalue weighted by molar-refractivity contribution is -0.192. The summed E-state index contributed by atoms with van der Waals surface area (Å²) in [5.74, 6) is -3.00. The molecule has 0 fully saturated rings. The van der Waals surface area contributed by atoms with E-state index in [4.69, 9.17) is 9.90 Å². The third-order valence-corrected chi connectivity index (χ3v) is 3.80. The van der Waals surface area contributed by atoms with Crippen molar-refractivity contribution in [3.05, 3.63) is 54.7 Å². The standard InChI is InChI=1S/C19H17N3O2.C2HF3O2/c1-12(23)21-16-6-3-5-14(9-16)15-10-17-18(20-11-15)7-4-8-19(17)22-13(2)24;3-2(4,5)1(6)7/h3-11H,1-2H3,(H,21,23)(H,22,24);(H,6,7). The number of aromatic nitrogens is 1. The molecule has 7 nitrogen and oxygen atoms in total. The third kappa shape index (κ3) is 6.81. The molecule has 2 amide bonds. The first-order valence-corrected chi connectivity index (χ1v) is 8.82. The van der Waals surface area contributed by atoms with Crippen molar-refractivity contribution < 1.29 is 32.7 Å². The number of amides is 2. The van der Waals surface area contributed by atoms with Crippen LogP contribution < -0.4 is 10.6 Å². The van der Waals surface area contributed by atoms with E-state index in [0.29, 0.717) is 0 Å². The van der Waals surface area contributed by atoms with Gasteiger partial charge in [0.05, 0.1) is 11.2 Å². The molecule has 0 aliphatic heterocycles. The number of fused-ring (bicyclic) bond motifs is 1. The number of alkyl halides is 3. The Morgan fingerprint density at radius 1 is 0.903 bits per heavy atom. The summed E-state index contributed by atoms with van der Waals surface area (Å²) in [6.45, 7) is 2.96. The molecule has 0 spiro atoms. The lowest BCUT2D eigenvalue weighted by Gasteiger charge is -2.10. The van der Waals surface area contributed by atoms with Crippen LogP contribution in [0.5, 0.6) is 0 Å². The van der Waals surface area contributed by atoms with Gasteiger partial charge < -0.3 is 15.7 Å². The molecule has 0 atom stereocenters. The molecule has 0 saturated carbocycles. The topological polar surface area (TPSA) is 108 Å². The second-order valence-electron chi connectivity index (χ2n) is 6.34. The van der Waals surface area contributed by atoms with Crippen LogP contribution in [0.1, 0.15) is 13.8 Å². The Morgan fingerprint density at radius 2 is 1.52 bits per heavy atom. The lowest BCUT2D eigenvalue weighted by atomic mass is 10.0. The van der Waals surface area contributed by atoms with E-state index >= 15 is 0 Å². The van der Waals surface area contributed by atoms with Gasteiger partial charge in [-0.1, -0.05) is 18.2 Å². The number of carbonyl (C=O) groups excluding carboxylic acids is 2. The van der Waals surface area contributed by atoms with Crippen LogP contribution in [0, 0.1) is 0 Å². The fraction of sp³-hybridized carbons (Fsp3) is 0.143. The average molecular weight is 433 g/mol. The van der Waals surface area contributed by atoms with Crippen LogP contribution in [0.4, 0.5) is 24.5 Å². The van der Waals surface area contributed by atoms with Crippen molar-refractivity contribution in [2.45, 2.75) is 20.0 Å². The number of pyridine rings is 1. The van der Waals surface area contributed by atoms with Gasteiger partial charge in [0.1, 0.15) is 0 Å². The van der Waals surface area contributed by atoms with Crippen molar-refractivity contribution >= 4 is 40.1 Å². The molecular formula is C21H18F3N3O4. The second-order valence-corrected chi connectivity index (χ2v) is 6.34.